The molecule has 2 unspecified atom stereocenters. The van der Waals surface area contributed by atoms with Crippen LogP contribution in [0.3, 0.4) is 0 Å². The summed E-state index contributed by atoms with van der Waals surface area (Å²) >= 11 is 1.55. The number of aromatic nitrogens is 2. The SMILES string of the molecule is Cc1cc(NC(=O)Cc2cccs2)n(C2NC(=O)CC(C)N2)n1. The molecule has 1 fully saturated rings. The predicted octanol–water partition coefficient (Wildman–Crippen LogP) is 1.39. The fourth-order valence-corrected chi connectivity index (χ4v) is 3.26. The number of carbonyl (C=O) groups is 2. The molecule has 122 valence electrons. The molecule has 3 heterocycles. The topological polar surface area (TPSA) is 88.0 Å². The van der Waals surface area contributed by atoms with Gasteiger partial charge >= 0.3 is 0 Å². The van der Waals surface area contributed by atoms with E-state index in [1.165, 1.54) is 0 Å². The Bertz CT molecular complexity index is 710. The Hall–Kier alpha value is -2.19. The summed E-state index contributed by atoms with van der Waals surface area (Å²) in [7, 11) is 0. The van der Waals surface area contributed by atoms with E-state index in [1.807, 2.05) is 31.4 Å². The number of rotatable bonds is 4. The summed E-state index contributed by atoms with van der Waals surface area (Å²) in [5.74, 6) is 0.421. The zero-order chi connectivity index (χ0) is 16.4. The molecule has 8 heteroatoms. The lowest BCUT2D eigenvalue weighted by atomic mass is 10.2. The number of hydrogen-bond donors (Lipinski definition) is 3. The number of nitrogens with one attached hydrogen (secondary N) is 3. The van der Waals surface area contributed by atoms with Gasteiger partial charge in [-0.2, -0.15) is 5.10 Å². The van der Waals surface area contributed by atoms with Crippen molar-refractivity contribution in [2.45, 2.75) is 39.0 Å². The van der Waals surface area contributed by atoms with Crippen molar-refractivity contribution in [1.29, 1.82) is 0 Å². The maximum absolute atomic E-state index is 12.2. The van der Waals surface area contributed by atoms with Crippen LogP contribution in [0.25, 0.3) is 0 Å². The average molecular weight is 333 g/mol. The maximum Gasteiger partial charge on any atom is 0.230 e. The van der Waals surface area contributed by atoms with E-state index in [0.717, 1.165) is 10.6 Å². The highest BCUT2D eigenvalue weighted by molar-refractivity contribution is 7.10. The van der Waals surface area contributed by atoms with Crippen LogP contribution in [-0.2, 0) is 16.0 Å². The van der Waals surface area contributed by atoms with Crippen LogP contribution >= 0.6 is 11.3 Å². The van der Waals surface area contributed by atoms with Crippen LogP contribution in [-0.4, -0.2) is 27.6 Å². The lowest BCUT2D eigenvalue weighted by Gasteiger charge is -2.30. The van der Waals surface area contributed by atoms with Gasteiger partial charge in [-0.1, -0.05) is 6.07 Å². The average Bonchev–Trinajstić information content (AvgIpc) is 3.07. The summed E-state index contributed by atoms with van der Waals surface area (Å²) < 4.78 is 1.61. The molecule has 1 aliphatic heterocycles. The molecule has 2 atom stereocenters. The van der Waals surface area contributed by atoms with Crippen molar-refractivity contribution in [1.82, 2.24) is 20.4 Å². The molecule has 3 N–H and O–H groups in total. The van der Waals surface area contributed by atoms with Crippen molar-refractivity contribution in [2.75, 3.05) is 5.32 Å². The minimum absolute atomic E-state index is 0.0368. The monoisotopic (exact) mass is 333 g/mol. The van der Waals surface area contributed by atoms with Crippen molar-refractivity contribution in [3.05, 3.63) is 34.2 Å². The van der Waals surface area contributed by atoms with Crippen molar-refractivity contribution in [3.8, 4) is 0 Å². The summed E-state index contributed by atoms with van der Waals surface area (Å²) in [5.41, 5.74) is 0.769. The van der Waals surface area contributed by atoms with E-state index in [0.29, 0.717) is 18.7 Å². The largest absolute Gasteiger partial charge is 0.322 e. The smallest absolute Gasteiger partial charge is 0.230 e. The van der Waals surface area contributed by atoms with Gasteiger partial charge in [0.15, 0.2) is 6.29 Å². The van der Waals surface area contributed by atoms with Gasteiger partial charge in [0.25, 0.3) is 0 Å². The molecule has 3 rings (SSSR count). The summed E-state index contributed by atoms with van der Waals surface area (Å²) in [6, 6.07) is 5.69. The van der Waals surface area contributed by atoms with Gasteiger partial charge in [-0.25, -0.2) is 4.68 Å². The summed E-state index contributed by atoms with van der Waals surface area (Å²) in [6.07, 6.45) is 0.288. The summed E-state index contributed by atoms with van der Waals surface area (Å²) in [6.45, 7) is 3.79. The van der Waals surface area contributed by atoms with Crippen LogP contribution in [0.1, 0.15) is 30.2 Å². The lowest BCUT2D eigenvalue weighted by Crippen LogP contribution is -2.52. The molecule has 23 heavy (non-hydrogen) atoms. The van der Waals surface area contributed by atoms with Crippen LogP contribution in [0.5, 0.6) is 0 Å². The fourth-order valence-electron chi connectivity index (χ4n) is 2.56. The Morgan fingerprint density at radius 2 is 2.39 bits per heavy atom. The highest BCUT2D eigenvalue weighted by atomic mass is 32.1. The van der Waals surface area contributed by atoms with Gasteiger partial charge in [-0.15, -0.1) is 11.3 Å². The predicted molar refractivity (Wildman–Crippen MR) is 88.0 cm³/mol. The van der Waals surface area contributed by atoms with E-state index in [1.54, 1.807) is 22.1 Å². The second kappa shape index (κ2) is 6.51. The number of amides is 2. The van der Waals surface area contributed by atoms with Gasteiger partial charge in [0.05, 0.1) is 12.1 Å². The molecular weight excluding hydrogens is 314 g/mol. The number of carbonyl (C=O) groups excluding carboxylic acids is 2. The third-order valence-corrected chi connectivity index (χ3v) is 4.39. The first-order chi connectivity index (χ1) is 11.0. The molecule has 0 aromatic carbocycles. The van der Waals surface area contributed by atoms with E-state index in [2.05, 4.69) is 21.0 Å². The van der Waals surface area contributed by atoms with Crippen LogP contribution in [0.15, 0.2) is 23.6 Å². The van der Waals surface area contributed by atoms with Crippen LogP contribution < -0.4 is 16.0 Å². The van der Waals surface area contributed by atoms with Gasteiger partial charge < -0.3 is 10.6 Å². The minimum Gasteiger partial charge on any atom is -0.322 e. The van der Waals surface area contributed by atoms with E-state index in [4.69, 9.17) is 0 Å². The Morgan fingerprint density at radius 3 is 3.09 bits per heavy atom. The Balaban J connectivity index is 1.75. The molecule has 0 spiro atoms. The zero-order valence-corrected chi connectivity index (χ0v) is 13.8. The fraction of sp³-hybridized carbons (Fsp3) is 0.400. The number of nitrogens with zero attached hydrogens (tertiary/aromatic N) is 2. The lowest BCUT2D eigenvalue weighted by molar-refractivity contribution is -0.125. The highest BCUT2D eigenvalue weighted by Crippen LogP contribution is 2.18. The molecule has 0 saturated carbocycles. The van der Waals surface area contributed by atoms with E-state index < -0.39 is 6.29 Å². The molecule has 0 aliphatic carbocycles. The van der Waals surface area contributed by atoms with Crippen molar-refractivity contribution in [3.63, 3.8) is 0 Å². The van der Waals surface area contributed by atoms with Crippen molar-refractivity contribution in [2.24, 2.45) is 0 Å². The first-order valence-corrected chi connectivity index (χ1v) is 8.33. The summed E-state index contributed by atoms with van der Waals surface area (Å²) in [5, 5.41) is 15.3. The molecular formula is C15H19N5O2S. The number of thiophene rings is 1. The van der Waals surface area contributed by atoms with Gasteiger partial charge in [0, 0.05) is 23.4 Å². The Kier molecular flexibility index (Phi) is 4.44. The normalized spacial score (nSPS) is 21.0. The van der Waals surface area contributed by atoms with Crippen molar-refractivity contribution >= 4 is 29.0 Å². The van der Waals surface area contributed by atoms with Crippen LogP contribution in [0.2, 0.25) is 0 Å². The van der Waals surface area contributed by atoms with Gasteiger partial charge in [0.1, 0.15) is 5.82 Å². The summed E-state index contributed by atoms with van der Waals surface area (Å²) in [4.78, 5) is 24.9. The molecule has 1 aliphatic rings. The van der Waals surface area contributed by atoms with Gasteiger partial charge in [-0.05, 0) is 25.3 Å². The maximum atomic E-state index is 12.2. The zero-order valence-electron chi connectivity index (χ0n) is 13.0. The third kappa shape index (κ3) is 3.77. The third-order valence-electron chi connectivity index (χ3n) is 3.52. The van der Waals surface area contributed by atoms with E-state index >= 15 is 0 Å². The molecule has 2 aromatic rings. The van der Waals surface area contributed by atoms with Crippen LogP contribution in [0.4, 0.5) is 5.82 Å². The molecule has 2 aromatic heterocycles. The molecule has 7 nitrogen and oxygen atoms in total. The number of anilines is 1. The van der Waals surface area contributed by atoms with Gasteiger partial charge in [0.2, 0.25) is 11.8 Å². The second-order valence-electron chi connectivity index (χ2n) is 5.66. The standard InChI is InChI=1S/C15H19N5O2S/c1-9-7-13(21)18-15(16-9)20-12(6-10(2)19-20)17-14(22)8-11-4-3-5-23-11/h3-6,9,15-16H,7-8H2,1-2H3,(H,17,22)(H,18,21). The molecule has 1 saturated heterocycles. The molecule has 2 amide bonds. The van der Waals surface area contributed by atoms with Crippen molar-refractivity contribution < 1.29 is 9.59 Å². The quantitative estimate of drug-likeness (QED) is 0.789. The Labute approximate surface area is 138 Å². The van der Waals surface area contributed by atoms with E-state index in [-0.39, 0.29) is 17.9 Å². The van der Waals surface area contributed by atoms with Gasteiger partial charge in [-0.3, -0.25) is 14.9 Å². The first-order valence-electron chi connectivity index (χ1n) is 7.45. The minimum atomic E-state index is -0.461. The molecule has 0 radical (unpaired) electrons. The molecule has 0 bridgehead atoms. The highest BCUT2D eigenvalue weighted by Gasteiger charge is 2.26. The van der Waals surface area contributed by atoms with E-state index in [9.17, 15) is 9.59 Å². The first kappa shape index (κ1) is 15.7. The number of hydrogen-bond acceptors (Lipinski definition) is 5. The van der Waals surface area contributed by atoms with Crippen LogP contribution in [0, 0.1) is 6.92 Å². The number of aryl methyl sites for hydroxylation is 1. The second-order valence-corrected chi connectivity index (χ2v) is 6.69. The Morgan fingerprint density at radius 1 is 1.57 bits per heavy atom.